The third kappa shape index (κ3) is 2.64. The lowest BCUT2D eigenvalue weighted by atomic mass is 10.0. The van der Waals surface area contributed by atoms with Gasteiger partial charge in [0.15, 0.2) is 0 Å². The van der Waals surface area contributed by atoms with Crippen molar-refractivity contribution < 1.29 is 9.26 Å². The van der Waals surface area contributed by atoms with Crippen molar-refractivity contribution in [1.29, 1.82) is 0 Å². The lowest BCUT2D eigenvalue weighted by Gasteiger charge is -2.05. The molecule has 0 radical (unpaired) electrons. The predicted molar refractivity (Wildman–Crippen MR) is 86.0 cm³/mol. The number of ether oxygens (including phenoxy) is 1. The van der Waals surface area contributed by atoms with Crippen LogP contribution in [-0.2, 0) is 0 Å². The zero-order valence-electron chi connectivity index (χ0n) is 11.3. The Bertz CT molecular complexity index is 783. The molecular formula is C16H13BrN2O2. The fourth-order valence-corrected chi connectivity index (χ4v) is 2.59. The largest absolute Gasteiger partial charge is 0.497 e. The molecule has 1 heterocycles. The summed E-state index contributed by atoms with van der Waals surface area (Å²) in [5, 5.41) is 4.10. The van der Waals surface area contributed by atoms with Gasteiger partial charge in [-0.15, -0.1) is 0 Å². The van der Waals surface area contributed by atoms with Crippen molar-refractivity contribution in [2.45, 2.75) is 0 Å². The maximum atomic E-state index is 5.96. The number of methoxy groups -OCH3 is 1. The maximum absolute atomic E-state index is 5.96. The highest BCUT2D eigenvalue weighted by Gasteiger charge is 2.18. The van der Waals surface area contributed by atoms with Crippen LogP contribution >= 0.6 is 15.9 Å². The van der Waals surface area contributed by atoms with E-state index in [1.54, 1.807) is 7.11 Å². The van der Waals surface area contributed by atoms with Crippen molar-refractivity contribution in [2.24, 2.45) is 0 Å². The quantitative estimate of drug-likeness (QED) is 0.766. The Morgan fingerprint density at radius 1 is 1.10 bits per heavy atom. The first kappa shape index (κ1) is 13.7. The maximum Gasteiger partial charge on any atom is 0.230 e. The number of halogens is 1. The Hall–Kier alpha value is -2.27. The summed E-state index contributed by atoms with van der Waals surface area (Å²) in [6.45, 7) is 0. The third-order valence-corrected chi connectivity index (χ3v) is 3.67. The number of anilines is 1. The molecule has 5 heteroatoms. The Morgan fingerprint density at radius 3 is 2.62 bits per heavy atom. The van der Waals surface area contributed by atoms with Gasteiger partial charge in [0.05, 0.1) is 12.7 Å². The second-order valence-electron chi connectivity index (χ2n) is 4.51. The van der Waals surface area contributed by atoms with Crippen LogP contribution < -0.4 is 10.5 Å². The molecule has 0 amide bonds. The predicted octanol–water partition coefficient (Wildman–Crippen LogP) is 4.36. The van der Waals surface area contributed by atoms with E-state index in [2.05, 4.69) is 21.1 Å². The molecule has 0 unspecified atom stereocenters. The third-order valence-electron chi connectivity index (χ3n) is 3.17. The molecule has 0 spiro atoms. The van der Waals surface area contributed by atoms with E-state index in [9.17, 15) is 0 Å². The van der Waals surface area contributed by atoms with Gasteiger partial charge in [-0.2, -0.15) is 0 Å². The van der Waals surface area contributed by atoms with Crippen LogP contribution in [0.15, 0.2) is 57.5 Å². The Kier molecular flexibility index (Phi) is 3.66. The molecule has 106 valence electrons. The van der Waals surface area contributed by atoms with E-state index in [-0.39, 0.29) is 0 Å². The number of rotatable bonds is 3. The average molecular weight is 345 g/mol. The van der Waals surface area contributed by atoms with Gasteiger partial charge in [0.1, 0.15) is 11.4 Å². The molecule has 2 N–H and O–H groups in total. The summed E-state index contributed by atoms with van der Waals surface area (Å²) in [5.41, 5.74) is 9.28. The van der Waals surface area contributed by atoms with Gasteiger partial charge in [0.2, 0.25) is 5.88 Å². The van der Waals surface area contributed by atoms with Crippen LogP contribution in [0.25, 0.3) is 22.4 Å². The van der Waals surface area contributed by atoms with Gasteiger partial charge in [0, 0.05) is 10.0 Å². The Balaban J connectivity index is 2.17. The Labute approximate surface area is 130 Å². The first-order valence-electron chi connectivity index (χ1n) is 6.34. The molecule has 0 saturated heterocycles. The number of hydrogen-bond donors (Lipinski definition) is 1. The fourth-order valence-electron chi connectivity index (χ4n) is 2.19. The molecule has 3 rings (SSSR count). The normalized spacial score (nSPS) is 10.6. The van der Waals surface area contributed by atoms with Crippen LogP contribution in [0.1, 0.15) is 0 Å². The van der Waals surface area contributed by atoms with Gasteiger partial charge in [-0.05, 0) is 29.8 Å². The fraction of sp³-hybridized carbons (Fsp3) is 0.0625. The summed E-state index contributed by atoms with van der Waals surface area (Å²) < 4.78 is 11.4. The SMILES string of the molecule is COc1cccc(-c2c(-c3cccc(Br)c3)noc2N)c1. The number of hydrogen-bond acceptors (Lipinski definition) is 4. The second-order valence-corrected chi connectivity index (χ2v) is 5.43. The van der Waals surface area contributed by atoms with Crippen LogP contribution in [0.4, 0.5) is 5.88 Å². The van der Waals surface area contributed by atoms with Crippen molar-refractivity contribution in [2.75, 3.05) is 12.8 Å². The molecule has 21 heavy (non-hydrogen) atoms. The zero-order chi connectivity index (χ0) is 14.8. The standard InChI is InChI=1S/C16H13BrN2O2/c1-20-13-7-3-4-10(9-13)14-15(19-21-16(14)18)11-5-2-6-12(17)8-11/h2-9H,18H2,1H3. The molecule has 0 atom stereocenters. The summed E-state index contributed by atoms with van der Waals surface area (Å²) >= 11 is 3.46. The van der Waals surface area contributed by atoms with Crippen molar-refractivity contribution in [1.82, 2.24) is 5.16 Å². The molecule has 3 aromatic rings. The van der Waals surface area contributed by atoms with E-state index in [0.717, 1.165) is 26.9 Å². The van der Waals surface area contributed by atoms with Gasteiger partial charge < -0.3 is 15.0 Å². The average Bonchev–Trinajstić information content (AvgIpc) is 2.89. The topological polar surface area (TPSA) is 61.3 Å². The van der Waals surface area contributed by atoms with Gasteiger partial charge in [-0.3, -0.25) is 0 Å². The van der Waals surface area contributed by atoms with Crippen molar-refractivity contribution in [3.8, 4) is 28.1 Å². The van der Waals surface area contributed by atoms with E-state index in [1.165, 1.54) is 0 Å². The molecule has 1 aromatic heterocycles. The number of aromatic nitrogens is 1. The highest BCUT2D eigenvalue weighted by Crippen LogP contribution is 2.37. The van der Waals surface area contributed by atoms with E-state index < -0.39 is 0 Å². The number of benzene rings is 2. The van der Waals surface area contributed by atoms with E-state index in [4.69, 9.17) is 15.0 Å². The molecule has 0 bridgehead atoms. The minimum atomic E-state index is 0.290. The van der Waals surface area contributed by atoms with Crippen LogP contribution in [0.5, 0.6) is 5.75 Å². The lowest BCUT2D eigenvalue weighted by Crippen LogP contribution is -1.89. The summed E-state index contributed by atoms with van der Waals surface area (Å²) in [6.07, 6.45) is 0. The first-order valence-corrected chi connectivity index (χ1v) is 7.14. The van der Waals surface area contributed by atoms with Crippen LogP contribution in [0.3, 0.4) is 0 Å². The van der Waals surface area contributed by atoms with Gasteiger partial charge in [-0.1, -0.05) is 45.4 Å². The monoisotopic (exact) mass is 344 g/mol. The summed E-state index contributed by atoms with van der Waals surface area (Å²) in [4.78, 5) is 0. The number of nitrogens with zero attached hydrogens (tertiary/aromatic N) is 1. The smallest absolute Gasteiger partial charge is 0.230 e. The highest BCUT2D eigenvalue weighted by molar-refractivity contribution is 9.10. The second kappa shape index (κ2) is 5.61. The molecule has 4 nitrogen and oxygen atoms in total. The van der Waals surface area contributed by atoms with Crippen LogP contribution in [0.2, 0.25) is 0 Å². The van der Waals surface area contributed by atoms with Gasteiger partial charge in [0.25, 0.3) is 0 Å². The molecule has 0 fully saturated rings. The number of nitrogens with two attached hydrogens (primary N) is 1. The lowest BCUT2D eigenvalue weighted by molar-refractivity contribution is 0.415. The summed E-state index contributed by atoms with van der Waals surface area (Å²) in [5.74, 6) is 1.05. The molecular weight excluding hydrogens is 332 g/mol. The van der Waals surface area contributed by atoms with E-state index >= 15 is 0 Å². The zero-order valence-corrected chi connectivity index (χ0v) is 12.9. The van der Waals surface area contributed by atoms with Crippen molar-refractivity contribution in [3.63, 3.8) is 0 Å². The highest BCUT2D eigenvalue weighted by atomic mass is 79.9. The van der Waals surface area contributed by atoms with E-state index in [0.29, 0.717) is 11.6 Å². The minimum absolute atomic E-state index is 0.290. The van der Waals surface area contributed by atoms with Crippen LogP contribution in [0, 0.1) is 0 Å². The number of nitrogen functional groups attached to an aromatic ring is 1. The van der Waals surface area contributed by atoms with Crippen molar-refractivity contribution in [3.05, 3.63) is 53.0 Å². The molecule has 0 aliphatic heterocycles. The van der Waals surface area contributed by atoms with E-state index in [1.807, 2.05) is 48.5 Å². The first-order chi connectivity index (χ1) is 10.2. The van der Waals surface area contributed by atoms with Gasteiger partial charge in [-0.25, -0.2) is 0 Å². The summed E-state index contributed by atoms with van der Waals surface area (Å²) in [6, 6.07) is 15.5. The Morgan fingerprint density at radius 2 is 1.86 bits per heavy atom. The molecule has 0 saturated carbocycles. The van der Waals surface area contributed by atoms with Crippen LogP contribution in [-0.4, -0.2) is 12.3 Å². The summed E-state index contributed by atoms with van der Waals surface area (Å²) in [7, 11) is 1.63. The molecule has 0 aliphatic carbocycles. The molecule has 0 aliphatic rings. The van der Waals surface area contributed by atoms with Crippen molar-refractivity contribution >= 4 is 21.8 Å². The minimum Gasteiger partial charge on any atom is -0.497 e. The molecule has 2 aromatic carbocycles. The van der Waals surface area contributed by atoms with Gasteiger partial charge >= 0.3 is 0 Å².